The minimum atomic E-state index is -0.677. The zero-order chi connectivity index (χ0) is 19.8. The molecule has 8 heteroatoms. The number of hydrogen-bond donors (Lipinski definition) is 0. The number of aromatic nitrogens is 3. The van der Waals surface area contributed by atoms with Gasteiger partial charge in [-0.25, -0.2) is 4.98 Å². The van der Waals surface area contributed by atoms with Crippen LogP contribution in [-0.4, -0.2) is 63.1 Å². The molecule has 0 aromatic carbocycles. The number of nitrogens with zero attached hydrogens (tertiary/aromatic N) is 5. The minimum absolute atomic E-state index is 0.137. The van der Waals surface area contributed by atoms with Crippen LogP contribution < -0.4 is 4.74 Å². The van der Waals surface area contributed by atoms with Crippen molar-refractivity contribution in [1.82, 2.24) is 24.6 Å². The number of pyridine rings is 1. The highest BCUT2D eigenvalue weighted by Gasteiger charge is 2.39. The van der Waals surface area contributed by atoms with Crippen molar-refractivity contribution >= 4 is 11.8 Å². The van der Waals surface area contributed by atoms with E-state index in [0.717, 1.165) is 24.1 Å². The van der Waals surface area contributed by atoms with Crippen molar-refractivity contribution in [3.63, 3.8) is 0 Å². The molecule has 2 aliphatic rings. The summed E-state index contributed by atoms with van der Waals surface area (Å²) in [6.07, 6.45) is 7.34. The van der Waals surface area contributed by atoms with Crippen LogP contribution in [0.15, 0.2) is 24.5 Å². The predicted octanol–water partition coefficient (Wildman–Crippen LogP) is 1.57. The topological polar surface area (TPSA) is 80.6 Å². The highest BCUT2D eigenvalue weighted by atomic mass is 16.5. The summed E-state index contributed by atoms with van der Waals surface area (Å²) in [5, 5.41) is 4.30. The fraction of sp³-hybridized carbons (Fsp3) is 0.500. The van der Waals surface area contributed by atoms with E-state index in [4.69, 9.17) is 4.74 Å². The zero-order valence-corrected chi connectivity index (χ0v) is 16.5. The van der Waals surface area contributed by atoms with E-state index in [2.05, 4.69) is 10.1 Å². The van der Waals surface area contributed by atoms with Gasteiger partial charge in [-0.2, -0.15) is 5.10 Å². The molecule has 4 rings (SSSR count). The highest BCUT2D eigenvalue weighted by molar-refractivity contribution is 5.98. The number of carbonyl (C=O) groups is 2. The van der Waals surface area contributed by atoms with Crippen LogP contribution >= 0.6 is 0 Å². The summed E-state index contributed by atoms with van der Waals surface area (Å²) >= 11 is 0. The summed E-state index contributed by atoms with van der Waals surface area (Å²) < 4.78 is 7.61. The maximum absolute atomic E-state index is 13.3. The van der Waals surface area contributed by atoms with Crippen molar-refractivity contribution in [3.8, 4) is 5.88 Å². The van der Waals surface area contributed by atoms with Crippen LogP contribution in [0.5, 0.6) is 5.88 Å². The molecule has 8 nitrogen and oxygen atoms in total. The summed E-state index contributed by atoms with van der Waals surface area (Å²) in [7, 11) is 5.26. The van der Waals surface area contributed by atoms with E-state index in [0.29, 0.717) is 24.4 Å². The number of fused-ring (bicyclic) bond motifs is 1. The van der Waals surface area contributed by atoms with Crippen LogP contribution in [0.4, 0.5) is 0 Å². The van der Waals surface area contributed by atoms with Crippen molar-refractivity contribution < 1.29 is 14.3 Å². The first kappa shape index (κ1) is 18.5. The summed E-state index contributed by atoms with van der Waals surface area (Å²) in [5.41, 5.74) is 2.27. The van der Waals surface area contributed by atoms with Gasteiger partial charge in [-0.1, -0.05) is 0 Å². The van der Waals surface area contributed by atoms with Crippen LogP contribution in [0.1, 0.15) is 46.9 Å². The molecule has 0 bridgehead atoms. The van der Waals surface area contributed by atoms with Gasteiger partial charge in [0.2, 0.25) is 11.8 Å². The lowest BCUT2D eigenvalue weighted by atomic mass is 9.96. The summed E-state index contributed by atoms with van der Waals surface area (Å²) in [5.74, 6) is 0.128. The first-order chi connectivity index (χ1) is 13.5. The second kappa shape index (κ2) is 7.26. The third-order valence-corrected chi connectivity index (χ3v) is 5.55. The van der Waals surface area contributed by atoms with Crippen LogP contribution in [0, 0.1) is 0 Å². The van der Waals surface area contributed by atoms with Crippen LogP contribution in [0.2, 0.25) is 0 Å². The van der Waals surface area contributed by atoms with Crippen molar-refractivity contribution in [2.75, 3.05) is 20.6 Å². The molecule has 0 radical (unpaired) electrons. The summed E-state index contributed by atoms with van der Waals surface area (Å²) in [6, 6.07) is 2.67. The van der Waals surface area contributed by atoms with Gasteiger partial charge in [0.1, 0.15) is 12.1 Å². The Bertz CT molecular complexity index is 903. The van der Waals surface area contributed by atoms with Gasteiger partial charge in [-0.3, -0.25) is 14.3 Å². The molecule has 1 unspecified atom stereocenters. The van der Waals surface area contributed by atoms with Gasteiger partial charge >= 0.3 is 0 Å². The van der Waals surface area contributed by atoms with Gasteiger partial charge in [0.25, 0.3) is 5.91 Å². The molecule has 1 fully saturated rings. The predicted molar refractivity (Wildman–Crippen MR) is 102 cm³/mol. The fourth-order valence-corrected chi connectivity index (χ4v) is 3.70. The second-order valence-corrected chi connectivity index (χ2v) is 7.61. The smallest absolute Gasteiger partial charge is 0.255 e. The summed E-state index contributed by atoms with van der Waals surface area (Å²) in [6.45, 7) is 0.455. The van der Waals surface area contributed by atoms with Gasteiger partial charge in [-0.15, -0.1) is 0 Å². The average Bonchev–Trinajstić information content (AvgIpc) is 3.04. The molecule has 148 valence electrons. The third kappa shape index (κ3) is 3.23. The van der Waals surface area contributed by atoms with E-state index in [1.807, 2.05) is 7.05 Å². The van der Waals surface area contributed by atoms with Gasteiger partial charge in [0, 0.05) is 63.2 Å². The van der Waals surface area contributed by atoms with Crippen molar-refractivity contribution in [1.29, 1.82) is 0 Å². The molecule has 1 atom stereocenters. The maximum atomic E-state index is 13.3. The number of likely N-dealkylation sites (N-methyl/N-ethyl adjacent to an activating group) is 1. The maximum Gasteiger partial charge on any atom is 0.255 e. The van der Waals surface area contributed by atoms with Gasteiger partial charge < -0.3 is 14.5 Å². The lowest BCUT2D eigenvalue weighted by Gasteiger charge is -2.36. The molecule has 0 N–H and O–H groups in total. The lowest BCUT2D eigenvalue weighted by molar-refractivity contribution is -0.134. The van der Waals surface area contributed by atoms with Crippen molar-refractivity contribution in [2.24, 2.45) is 7.05 Å². The van der Waals surface area contributed by atoms with Crippen molar-refractivity contribution in [3.05, 3.63) is 41.3 Å². The normalized spacial score (nSPS) is 19.0. The molecule has 1 aliphatic carbocycles. The Morgan fingerprint density at radius 1 is 1.29 bits per heavy atom. The Kier molecular flexibility index (Phi) is 4.78. The van der Waals surface area contributed by atoms with Gasteiger partial charge in [0.15, 0.2) is 0 Å². The molecule has 0 spiro atoms. The Hall–Kier alpha value is -2.90. The first-order valence-electron chi connectivity index (χ1n) is 9.61. The van der Waals surface area contributed by atoms with E-state index >= 15 is 0 Å². The monoisotopic (exact) mass is 383 g/mol. The molecule has 1 saturated carbocycles. The Morgan fingerprint density at radius 2 is 2.07 bits per heavy atom. The van der Waals surface area contributed by atoms with E-state index in [1.165, 1.54) is 11.3 Å². The Labute approximate surface area is 164 Å². The number of rotatable bonds is 4. The minimum Gasteiger partial charge on any atom is -0.474 e. The van der Waals surface area contributed by atoms with Crippen LogP contribution in [0.25, 0.3) is 0 Å². The van der Waals surface area contributed by atoms with Gasteiger partial charge in [0.05, 0.1) is 6.20 Å². The van der Waals surface area contributed by atoms with Gasteiger partial charge in [-0.05, 0) is 25.3 Å². The lowest BCUT2D eigenvalue weighted by Crippen LogP contribution is -2.47. The number of hydrogen-bond acceptors (Lipinski definition) is 5. The largest absolute Gasteiger partial charge is 0.474 e. The number of carbonyl (C=O) groups excluding carboxylic acids is 2. The first-order valence-corrected chi connectivity index (χ1v) is 9.61. The molecule has 28 heavy (non-hydrogen) atoms. The van der Waals surface area contributed by atoms with Crippen LogP contribution in [-0.2, 0) is 18.3 Å². The third-order valence-electron chi connectivity index (χ3n) is 5.55. The summed E-state index contributed by atoms with van der Waals surface area (Å²) in [4.78, 5) is 33.6. The van der Waals surface area contributed by atoms with E-state index in [9.17, 15) is 9.59 Å². The quantitative estimate of drug-likeness (QED) is 0.801. The number of aryl methyl sites for hydroxylation is 1. The van der Waals surface area contributed by atoms with E-state index in [1.54, 1.807) is 48.2 Å². The highest BCUT2D eigenvalue weighted by Crippen LogP contribution is 2.32. The number of ether oxygens (including phenoxy) is 1. The van der Waals surface area contributed by atoms with E-state index in [-0.39, 0.29) is 17.9 Å². The molecule has 1 aliphatic heterocycles. The van der Waals surface area contributed by atoms with E-state index < -0.39 is 6.04 Å². The standard InChI is InChI=1S/C20H25N5O3/c1-23(2)20(27)18-15-12-22-24(3)16(15)8-10-25(18)19(26)13-7-9-21-17(11-13)28-14-5-4-6-14/h7,9,11-12,14,18H,4-6,8,10H2,1-3H3. The zero-order valence-electron chi connectivity index (χ0n) is 16.5. The molecule has 2 aromatic heterocycles. The fourth-order valence-electron chi connectivity index (χ4n) is 3.70. The molecule has 2 amide bonds. The Morgan fingerprint density at radius 3 is 2.75 bits per heavy atom. The molecular formula is C20H25N5O3. The second-order valence-electron chi connectivity index (χ2n) is 7.61. The Balaban J connectivity index is 1.64. The number of amides is 2. The molecular weight excluding hydrogens is 358 g/mol. The molecule has 3 heterocycles. The van der Waals surface area contributed by atoms with Crippen LogP contribution in [0.3, 0.4) is 0 Å². The SMILES string of the molecule is CN(C)C(=O)C1c2cnn(C)c2CCN1C(=O)c1ccnc(OC2CCC2)c1. The average molecular weight is 383 g/mol. The van der Waals surface area contributed by atoms with Crippen molar-refractivity contribution in [2.45, 2.75) is 37.8 Å². The molecule has 2 aromatic rings. The molecule has 0 saturated heterocycles.